The van der Waals surface area contributed by atoms with Crippen LogP contribution in [0.1, 0.15) is 112 Å². The molecular weight excluding hydrogens is 488 g/mol. The first-order valence-electron chi connectivity index (χ1n) is 15.8. The SMILES string of the molecule is COCCOC(=O)CCC(=O)O[C@H]1CC[C@@]2(C)C(=CC=C3C4CCC([C@H](C)CCCC(C)C)[C@@]4(C)CCC32)C1. The van der Waals surface area contributed by atoms with Crippen molar-refractivity contribution in [3.8, 4) is 0 Å². The molecule has 0 radical (unpaired) electrons. The normalized spacial score (nSPS) is 34.3. The molecule has 0 aliphatic heterocycles. The maximum Gasteiger partial charge on any atom is 0.306 e. The van der Waals surface area contributed by atoms with E-state index in [1.807, 2.05) is 0 Å². The number of methoxy groups -OCH3 is 1. The molecule has 0 heterocycles. The van der Waals surface area contributed by atoms with Crippen LogP contribution in [0.2, 0.25) is 0 Å². The molecule has 0 amide bonds. The smallest absolute Gasteiger partial charge is 0.306 e. The fraction of sp³-hybridized carbons (Fsp3) is 0.824. The van der Waals surface area contributed by atoms with Crippen molar-refractivity contribution in [1.29, 1.82) is 0 Å². The Morgan fingerprint density at radius 1 is 0.923 bits per heavy atom. The molecule has 5 heteroatoms. The highest BCUT2D eigenvalue weighted by atomic mass is 16.6. The summed E-state index contributed by atoms with van der Waals surface area (Å²) < 4.78 is 15.8. The maximum atomic E-state index is 12.5. The van der Waals surface area contributed by atoms with E-state index in [1.165, 1.54) is 50.5 Å². The van der Waals surface area contributed by atoms with E-state index < -0.39 is 0 Å². The fourth-order valence-corrected chi connectivity index (χ4v) is 8.85. The number of carbonyl (C=O) groups excluding carboxylic acids is 2. The molecule has 0 N–H and O–H groups in total. The van der Waals surface area contributed by atoms with Gasteiger partial charge in [0.15, 0.2) is 0 Å². The number of ether oxygens (including phenoxy) is 3. The van der Waals surface area contributed by atoms with E-state index in [0.29, 0.717) is 17.9 Å². The summed E-state index contributed by atoms with van der Waals surface area (Å²) in [6.45, 7) is 12.9. The van der Waals surface area contributed by atoms with E-state index in [9.17, 15) is 9.59 Å². The minimum atomic E-state index is -0.378. The van der Waals surface area contributed by atoms with Crippen LogP contribution in [0.4, 0.5) is 0 Å². The highest BCUT2D eigenvalue weighted by Gasteiger charge is 2.57. The van der Waals surface area contributed by atoms with Gasteiger partial charge < -0.3 is 14.2 Å². The Labute approximate surface area is 237 Å². The van der Waals surface area contributed by atoms with Gasteiger partial charge in [-0.15, -0.1) is 0 Å². The third-order valence-corrected chi connectivity index (χ3v) is 11.1. The Morgan fingerprint density at radius 3 is 2.44 bits per heavy atom. The van der Waals surface area contributed by atoms with Crippen LogP contribution in [0.25, 0.3) is 0 Å². The predicted octanol–water partition coefficient (Wildman–Crippen LogP) is 7.83. The quantitative estimate of drug-likeness (QED) is 0.186. The molecule has 5 nitrogen and oxygen atoms in total. The molecular formula is C34H54O5. The van der Waals surface area contributed by atoms with Crippen molar-refractivity contribution in [1.82, 2.24) is 0 Å². The lowest BCUT2D eigenvalue weighted by Gasteiger charge is -2.55. The Bertz CT molecular complexity index is 934. The average Bonchev–Trinajstić information content (AvgIpc) is 3.25. The van der Waals surface area contributed by atoms with E-state index in [2.05, 4.69) is 46.8 Å². The third-order valence-electron chi connectivity index (χ3n) is 11.1. The fourth-order valence-electron chi connectivity index (χ4n) is 8.85. The lowest BCUT2D eigenvalue weighted by molar-refractivity contribution is -0.155. The topological polar surface area (TPSA) is 61.8 Å². The van der Waals surface area contributed by atoms with Crippen LogP contribution in [0.15, 0.2) is 23.3 Å². The molecule has 39 heavy (non-hydrogen) atoms. The van der Waals surface area contributed by atoms with Crippen LogP contribution < -0.4 is 0 Å². The molecule has 4 rings (SSSR count). The van der Waals surface area contributed by atoms with Crippen molar-refractivity contribution in [3.63, 3.8) is 0 Å². The summed E-state index contributed by atoms with van der Waals surface area (Å²) in [5.74, 6) is 3.15. The van der Waals surface area contributed by atoms with Gasteiger partial charge in [0.25, 0.3) is 0 Å². The molecule has 0 aromatic carbocycles. The standard InChI is InChI=1S/C34H54O5/c1-23(2)8-7-9-24(3)28-12-13-29-27-11-10-25-22-26(39-32(36)15-14-31(35)38-21-20-37-6)16-18-33(25,4)30(27)17-19-34(28,29)5/h10-11,23-24,26,28-30H,7-9,12-22H2,1-6H3/t24-,26+,28?,29?,30?,33+,34-/m1/s1. The molecule has 0 saturated heterocycles. The first kappa shape index (κ1) is 30.3. The number of carbonyl (C=O) groups is 2. The largest absolute Gasteiger partial charge is 0.463 e. The van der Waals surface area contributed by atoms with Crippen LogP contribution in [-0.4, -0.2) is 38.4 Å². The molecule has 3 saturated carbocycles. The number of allylic oxidation sites excluding steroid dienone is 3. The summed E-state index contributed by atoms with van der Waals surface area (Å²) in [7, 11) is 1.56. The Hall–Kier alpha value is -1.62. The van der Waals surface area contributed by atoms with Crippen molar-refractivity contribution < 1.29 is 23.8 Å². The summed E-state index contributed by atoms with van der Waals surface area (Å²) in [4.78, 5) is 24.3. The van der Waals surface area contributed by atoms with E-state index in [1.54, 1.807) is 12.7 Å². The lowest BCUT2D eigenvalue weighted by Crippen LogP contribution is -2.46. The molecule has 7 atom stereocenters. The first-order chi connectivity index (χ1) is 18.6. The second kappa shape index (κ2) is 12.9. The minimum absolute atomic E-state index is 0.0569. The summed E-state index contributed by atoms with van der Waals surface area (Å²) in [5, 5.41) is 0. The second-order valence-corrected chi connectivity index (χ2v) is 14.0. The summed E-state index contributed by atoms with van der Waals surface area (Å²) in [5.41, 5.74) is 3.81. The average molecular weight is 543 g/mol. The molecule has 0 aromatic heterocycles. The van der Waals surface area contributed by atoms with Gasteiger partial charge in [0.05, 0.1) is 19.4 Å². The van der Waals surface area contributed by atoms with Gasteiger partial charge in [-0.05, 0) is 78.9 Å². The molecule has 4 aliphatic rings. The number of rotatable bonds is 12. The van der Waals surface area contributed by atoms with E-state index in [0.717, 1.165) is 42.9 Å². The van der Waals surface area contributed by atoms with E-state index >= 15 is 0 Å². The van der Waals surface area contributed by atoms with Crippen molar-refractivity contribution in [2.75, 3.05) is 20.3 Å². The second-order valence-electron chi connectivity index (χ2n) is 14.0. The summed E-state index contributed by atoms with van der Waals surface area (Å²) >= 11 is 0. The maximum absolute atomic E-state index is 12.5. The number of esters is 2. The van der Waals surface area contributed by atoms with Crippen molar-refractivity contribution in [2.24, 2.45) is 40.4 Å². The lowest BCUT2D eigenvalue weighted by atomic mass is 9.50. The molecule has 0 bridgehead atoms. The highest BCUT2D eigenvalue weighted by Crippen LogP contribution is 2.66. The van der Waals surface area contributed by atoms with Crippen LogP contribution in [-0.2, 0) is 23.8 Å². The Kier molecular flexibility index (Phi) is 10.0. The molecule has 3 unspecified atom stereocenters. The number of hydrogen-bond acceptors (Lipinski definition) is 5. The highest BCUT2D eigenvalue weighted by molar-refractivity contribution is 5.77. The van der Waals surface area contributed by atoms with Gasteiger partial charge in [-0.2, -0.15) is 0 Å². The van der Waals surface area contributed by atoms with Gasteiger partial charge in [0, 0.05) is 13.5 Å². The zero-order valence-electron chi connectivity index (χ0n) is 25.6. The molecule has 0 aromatic rings. The van der Waals surface area contributed by atoms with Crippen molar-refractivity contribution in [2.45, 2.75) is 118 Å². The van der Waals surface area contributed by atoms with Crippen LogP contribution in [0, 0.1) is 40.4 Å². The van der Waals surface area contributed by atoms with Gasteiger partial charge in [0.2, 0.25) is 0 Å². The minimum Gasteiger partial charge on any atom is -0.463 e. The predicted molar refractivity (Wildman–Crippen MR) is 155 cm³/mol. The molecule has 3 fully saturated rings. The number of hydrogen-bond donors (Lipinski definition) is 0. The zero-order chi connectivity index (χ0) is 28.2. The van der Waals surface area contributed by atoms with Crippen molar-refractivity contribution >= 4 is 11.9 Å². The monoisotopic (exact) mass is 542 g/mol. The Balaban J connectivity index is 1.35. The van der Waals surface area contributed by atoms with Crippen LogP contribution >= 0.6 is 0 Å². The zero-order valence-corrected chi connectivity index (χ0v) is 25.6. The third kappa shape index (κ3) is 6.66. The van der Waals surface area contributed by atoms with Gasteiger partial charge in [0.1, 0.15) is 12.7 Å². The van der Waals surface area contributed by atoms with Crippen LogP contribution in [0.3, 0.4) is 0 Å². The van der Waals surface area contributed by atoms with E-state index in [4.69, 9.17) is 14.2 Å². The van der Waals surface area contributed by atoms with Gasteiger partial charge >= 0.3 is 11.9 Å². The van der Waals surface area contributed by atoms with Gasteiger partial charge in [-0.25, -0.2) is 0 Å². The van der Waals surface area contributed by atoms with Crippen molar-refractivity contribution in [3.05, 3.63) is 23.3 Å². The summed E-state index contributed by atoms with van der Waals surface area (Å²) in [6.07, 6.45) is 17.2. The molecule has 0 spiro atoms. The molecule has 4 aliphatic carbocycles. The summed E-state index contributed by atoms with van der Waals surface area (Å²) in [6, 6.07) is 0. The number of fused-ring (bicyclic) bond motifs is 5. The molecule has 220 valence electrons. The Morgan fingerprint density at radius 2 is 1.69 bits per heavy atom. The first-order valence-corrected chi connectivity index (χ1v) is 15.8. The van der Waals surface area contributed by atoms with E-state index in [-0.39, 0.29) is 42.9 Å². The van der Waals surface area contributed by atoms with Gasteiger partial charge in [-0.3, -0.25) is 9.59 Å². The van der Waals surface area contributed by atoms with Gasteiger partial charge in [-0.1, -0.05) is 77.2 Å². The van der Waals surface area contributed by atoms with Crippen LogP contribution in [0.5, 0.6) is 0 Å².